The van der Waals surface area contributed by atoms with Gasteiger partial charge >= 0.3 is 6.36 Å². The molecule has 0 aliphatic rings. The maximum absolute atomic E-state index is 12.3. The number of hydrogen-bond acceptors (Lipinski definition) is 5. The SMILES string of the molecule is N#CCOc1ccc(NS(=O)(=O)c2cccc(OC(F)(F)F)c2)cc1. The predicted molar refractivity (Wildman–Crippen MR) is 81.5 cm³/mol. The molecule has 0 saturated carbocycles. The molecule has 0 aliphatic heterocycles. The van der Waals surface area contributed by atoms with Crippen LogP contribution in [-0.2, 0) is 10.0 Å². The van der Waals surface area contributed by atoms with Crippen LogP contribution in [0, 0.1) is 11.3 Å². The number of rotatable bonds is 6. The van der Waals surface area contributed by atoms with Crippen molar-refractivity contribution in [3.8, 4) is 17.6 Å². The Morgan fingerprint density at radius 1 is 1.08 bits per heavy atom. The van der Waals surface area contributed by atoms with Gasteiger partial charge in [0.1, 0.15) is 17.6 Å². The van der Waals surface area contributed by atoms with Crippen LogP contribution in [-0.4, -0.2) is 21.4 Å². The van der Waals surface area contributed by atoms with Crippen molar-refractivity contribution in [1.29, 1.82) is 5.26 Å². The zero-order valence-corrected chi connectivity index (χ0v) is 13.3. The van der Waals surface area contributed by atoms with Crippen LogP contribution in [0.4, 0.5) is 18.9 Å². The second-order valence-electron chi connectivity index (χ2n) is 4.60. The molecule has 0 heterocycles. The highest BCUT2D eigenvalue weighted by molar-refractivity contribution is 7.92. The van der Waals surface area contributed by atoms with Gasteiger partial charge in [0.25, 0.3) is 10.0 Å². The molecule has 2 aromatic rings. The second kappa shape index (κ2) is 7.31. The first-order chi connectivity index (χ1) is 11.7. The van der Waals surface area contributed by atoms with E-state index in [-0.39, 0.29) is 17.2 Å². The van der Waals surface area contributed by atoms with Crippen LogP contribution in [0.2, 0.25) is 0 Å². The van der Waals surface area contributed by atoms with Gasteiger partial charge in [-0.2, -0.15) is 5.26 Å². The minimum Gasteiger partial charge on any atom is -0.479 e. The molecule has 0 fully saturated rings. The molecule has 0 aromatic heterocycles. The Balaban J connectivity index is 2.16. The molecule has 0 aliphatic carbocycles. The van der Waals surface area contributed by atoms with E-state index in [4.69, 9.17) is 10.00 Å². The number of ether oxygens (including phenoxy) is 2. The van der Waals surface area contributed by atoms with E-state index in [9.17, 15) is 21.6 Å². The Bertz CT molecular complexity index is 875. The molecule has 25 heavy (non-hydrogen) atoms. The number of sulfonamides is 1. The maximum atomic E-state index is 12.3. The van der Waals surface area contributed by atoms with Gasteiger partial charge in [-0.25, -0.2) is 8.42 Å². The van der Waals surface area contributed by atoms with Crippen molar-refractivity contribution < 1.29 is 31.1 Å². The monoisotopic (exact) mass is 372 g/mol. The highest BCUT2D eigenvalue weighted by Crippen LogP contribution is 2.26. The Morgan fingerprint density at radius 3 is 2.36 bits per heavy atom. The Kier molecular flexibility index (Phi) is 5.38. The molecule has 2 aromatic carbocycles. The second-order valence-corrected chi connectivity index (χ2v) is 6.28. The number of alkyl halides is 3. The molecule has 6 nitrogen and oxygen atoms in total. The summed E-state index contributed by atoms with van der Waals surface area (Å²) in [5.74, 6) is -0.277. The lowest BCUT2D eigenvalue weighted by Gasteiger charge is -2.12. The fourth-order valence-corrected chi connectivity index (χ4v) is 2.88. The van der Waals surface area contributed by atoms with E-state index in [0.717, 1.165) is 24.3 Å². The number of nitrogens with one attached hydrogen (secondary N) is 1. The van der Waals surface area contributed by atoms with Gasteiger partial charge < -0.3 is 9.47 Å². The molecule has 0 radical (unpaired) electrons. The van der Waals surface area contributed by atoms with Crippen LogP contribution in [0.5, 0.6) is 11.5 Å². The fraction of sp³-hybridized carbons (Fsp3) is 0.133. The minimum absolute atomic E-state index is 0.156. The quantitative estimate of drug-likeness (QED) is 0.841. The summed E-state index contributed by atoms with van der Waals surface area (Å²) in [5.41, 5.74) is 0.173. The maximum Gasteiger partial charge on any atom is 0.573 e. The summed E-state index contributed by atoms with van der Waals surface area (Å²) < 4.78 is 72.1. The Labute approximate surface area is 141 Å². The lowest BCUT2D eigenvalue weighted by Crippen LogP contribution is -2.18. The van der Waals surface area contributed by atoms with E-state index in [1.54, 1.807) is 6.07 Å². The highest BCUT2D eigenvalue weighted by atomic mass is 32.2. The Morgan fingerprint density at radius 2 is 1.76 bits per heavy atom. The molecule has 10 heteroatoms. The minimum atomic E-state index is -4.92. The summed E-state index contributed by atoms with van der Waals surface area (Å²) in [6.45, 7) is -0.156. The first-order valence-electron chi connectivity index (χ1n) is 6.68. The molecule has 0 bridgehead atoms. The topological polar surface area (TPSA) is 88.4 Å². The van der Waals surface area contributed by atoms with Crippen molar-refractivity contribution in [1.82, 2.24) is 0 Å². The molecular weight excluding hydrogens is 361 g/mol. The molecule has 2 rings (SSSR count). The molecule has 0 atom stereocenters. The predicted octanol–water partition coefficient (Wildman–Crippen LogP) is 3.29. The molecule has 0 unspecified atom stereocenters. The van der Waals surface area contributed by atoms with Crippen molar-refractivity contribution in [2.24, 2.45) is 0 Å². The number of nitriles is 1. The van der Waals surface area contributed by atoms with E-state index >= 15 is 0 Å². The highest BCUT2D eigenvalue weighted by Gasteiger charge is 2.31. The lowest BCUT2D eigenvalue weighted by molar-refractivity contribution is -0.274. The summed E-state index contributed by atoms with van der Waals surface area (Å²) in [4.78, 5) is -0.390. The molecule has 0 saturated heterocycles. The van der Waals surface area contributed by atoms with Crippen LogP contribution < -0.4 is 14.2 Å². The van der Waals surface area contributed by atoms with Crippen LogP contribution in [0.25, 0.3) is 0 Å². The standard InChI is InChI=1S/C15H11F3N2O4S/c16-15(17,18)24-13-2-1-3-14(10-13)25(21,22)20-11-4-6-12(7-5-11)23-9-8-19/h1-7,10,20H,9H2. The lowest BCUT2D eigenvalue weighted by atomic mass is 10.3. The molecular formula is C15H11F3N2O4S. The van der Waals surface area contributed by atoms with Gasteiger partial charge in [-0.05, 0) is 36.4 Å². The summed E-state index contributed by atoms with van der Waals surface area (Å²) >= 11 is 0. The van der Waals surface area contributed by atoms with Crippen molar-refractivity contribution in [3.63, 3.8) is 0 Å². The number of benzene rings is 2. The number of nitrogens with zero attached hydrogens (tertiary/aromatic N) is 1. The summed E-state index contributed by atoms with van der Waals surface area (Å²) in [5, 5.41) is 8.41. The third-order valence-corrected chi connectivity index (χ3v) is 4.14. The first-order valence-corrected chi connectivity index (χ1v) is 8.16. The van der Waals surface area contributed by atoms with Gasteiger partial charge in [-0.1, -0.05) is 6.07 Å². The molecule has 1 N–H and O–H groups in total. The van der Waals surface area contributed by atoms with Gasteiger partial charge in [-0.15, -0.1) is 13.2 Å². The largest absolute Gasteiger partial charge is 0.573 e. The molecule has 0 amide bonds. The molecule has 132 valence electrons. The van der Waals surface area contributed by atoms with Gasteiger partial charge in [-0.3, -0.25) is 4.72 Å². The smallest absolute Gasteiger partial charge is 0.479 e. The summed E-state index contributed by atoms with van der Waals surface area (Å²) in [7, 11) is -4.11. The van der Waals surface area contributed by atoms with Crippen molar-refractivity contribution in [3.05, 3.63) is 48.5 Å². The summed E-state index contributed by atoms with van der Waals surface area (Å²) in [6.07, 6.45) is -4.92. The van der Waals surface area contributed by atoms with Gasteiger partial charge in [0, 0.05) is 11.8 Å². The molecule has 0 spiro atoms. The van der Waals surface area contributed by atoms with E-state index < -0.39 is 22.1 Å². The van der Waals surface area contributed by atoms with Crippen LogP contribution in [0.1, 0.15) is 0 Å². The van der Waals surface area contributed by atoms with Crippen LogP contribution in [0.15, 0.2) is 53.4 Å². The van der Waals surface area contributed by atoms with E-state index in [1.807, 2.05) is 0 Å². The zero-order chi connectivity index (χ0) is 18.5. The first kappa shape index (κ1) is 18.4. The number of anilines is 1. The van der Waals surface area contributed by atoms with Crippen molar-refractivity contribution in [2.75, 3.05) is 11.3 Å². The Hall–Kier alpha value is -2.93. The normalized spacial score (nSPS) is 11.4. The van der Waals surface area contributed by atoms with E-state index in [1.165, 1.54) is 24.3 Å². The van der Waals surface area contributed by atoms with E-state index in [2.05, 4.69) is 9.46 Å². The fourth-order valence-electron chi connectivity index (χ4n) is 1.79. The van der Waals surface area contributed by atoms with Gasteiger partial charge in [0.05, 0.1) is 4.90 Å². The van der Waals surface area contributed by atoms with Gasteiger partial charge in [0.15, 0.2) is 6.61 Å². The van der Waals surface area contributed by atoms with Crippen molar-refractivity contribution >= 4 is 15.7 Å². The zero-order valence-electron chi connectivity index (χ0n) is 12.4. The number of halogens is 3. The van der Waals surface area contributed by atoms with Gasteiger partial charge in [0.2, 0.25) is 0 Å². The third kappa shape index (κ3) is 5.58. The van der Waals surface area contributed by atoms with E-state index in [0.29, 0.717) is 5.75 Å². The van der Waals surface area contributed by atoms with Crippen LogP contribution >= 0.6 is 0 Å². The average Bonchev–Trinajstić information content (AvgIpc) is 2.52. The summed E-state index contributed by atoms with van der Waals surface area (Å²) in [6, 6.07) is 11.5. The third-order valence-electron chi connectivity index (χ3n) is 2.76. The number of hydrogen-bond donors (Lipinski definition) is 1. The van der Waals surface area contributed by atoms with Crippen LogP contribution in [0.3, 0.4) is 0 Å². The average molecular weight is 372 g/mol. The van der Waals surface area contributed by atoms with Crippen molar-refractivity contribution in [2.45, 2.75) is 11.3 Å².